The van der Waals surface area contributed by atoms with E-state index in [1.807, 2.05) is 24.3 Å². The summed E-state index contributed by atoms with van der Waals surface area (Å²) in [4.78, 5) is 17.4. The standard InChI is InChI=1S/2C12H8N2.2ClHO4.Pd/c2*1-3-9-5-6-10-4-2-8-14-12(10)11(9)13-7-1;2*2-1(3,4)5;/h2*1-8H;2*(H,2,3,4,5);/q;;;;+2/p-2. The number of aromatic nitrogens is 4. The molecule has 2 aromatic carbocycles. The first-order valence-corrected chi connectivity index (χ1v) is 12.8. The van der Waals surface area contributed by atoms with Crippen molar-refractivity contribution in [2.45, 2.75) is 0 Å². The summed E-state index contributed by atoms with van der Waals surface area (Å²) < 4.78 is 67.9. The summed E-state index contributed by atoms with van der Waals surface area (Å²) in [7, 11) is -9.89. The van der Waals surface area contributed by atoms with Crippen molar-refractivity contribution in [3.05, 3.63) is 97.6 Å². The van der Waals surface area contributed by atoms with Gasteiger partial charge >= 0.3 is 20.4 Å². The second kappa shape index (κ2) is 14.4. The van der Waals surface area contributed by atoms with Crippen LogP contribution in [0.1, 0.15) is 0 Å². The van der Waals surface area contributed by atoms with Gasteiger partial charge in [0.05, 0.1) is 22.1 Å². The summed E-state index contributed by atoms with van der Waals surface area (Å²) in [5, 5.41) is 4.55. The van der Waals surface area contributed by atoms with E-state index in [2.05, 4.69) is 68.5 Å². The van der Waals surface area contributed by atoms with Crippen molar-refractivity contribution in [3.63, 3.8) is 0 Å². The van der Waals surface area contributed by atoms with Gasteiger partial charge in [-0.2, -0.15) is 0 Å². The molecular formula is C24H16Cl2N4O8Pd. The van der Waals surface area contributed by atoms with Gasteiger partial charge in [-0.25, -0.2) is 37.3 Å². The molecule has 0 fully saturated rings. The van der Waals surface area contributed by atoms with Crippen molar-refractivity contribution in [2.24, 2.45) is 0 Å². The van der Waals surface area contributed by atoms with Crippen LogP contribution in [0, 0.1) is 20.5 Å². The molecule has 0 N–H and O–H groups in total. The second-order valence-corrected chi connectivity index (χ2v) is 8.70. The summed E-state index contributed by atoms with van der Waals surface area (Å²) in [6.45, 7) is 0. The van der Waals surface area contributed by atoms with Crippen LogP contribution in [0.15, 0.2) is 97.6 Å². The number of pyridine rings is 4. The van der Waals surface area contributed by atoms with Gasteiger partial charge in [0.25, 0.3) is 0 Å². The van der Waals surface area contributed by atoms with E-state index < -0.39 is 20.5 Å². The normalized spacial score (nSPS) is 10.9. The van der Waals surface area contributed by atoms with E-state index >= 15 is 0 Å². The molecule has 204 valence electrons. The molecule has 6 aromatic rings. The molecule has 4 heterocycles. The molecule has 4 aromatic heterocycles. The average molecular weight is 666 g/mol. The van der Waals surface area contributed by atoms with Crippen LogP contribution >= 0.6 is 0 Å². The molecule has 6 rings (SSSR count). The van der Waals surface area contributed by atoms with E-state index in [1.165, 1.54) is 0 Å². The maximum atomic E-state index is 8.49. The van der Waals surface area contributed by atoms with Crippen LogP contribution < -0.4 is 37.3 Å². The first-order valence-electron chi connectivity index (χ1n) is 10.3. The Morgan fingerprint density at radius 2 is 0.538 bits per heavy atom. The number of nitrogens with zero attached hydrogens (tertiary/aromatic N) is 4. The second-order valence-electron chi connectivity index (χ2n) is 7.19. The molecule has 0 amide bonds. The van der Waals surface area contributed by atoms with E-state index in [4.69, 9.17) is 37.3 Å². The van der Waals surface area contributed by atoms with E-state index in [9.17, 15) is 0 Å². The molecule has 0 saturated carbocycles. The topological polar surface area (TPSA) is 236 Å². The predicted octanol–water partition coefficient (Wildman–Crippen LogP) is -3.95. The SMILES string of the molecule is [O-][Cl+3]([O-])([O-])[O-].[O-][Cl+3]([O-])([O-])[O-].[Pd+2].c1cnc2c(c1)ccc1cccnc12.c1cnc2c(c1)ccc1cccnc12. The van der Waals surface area contributed by atoms with Crippen LogP contribution in [0.3, 0.4) is 0 Å². The van der Waals surface area contributed by atoms with Gasteiger partial charge in [-0.05, 0) is 24.3 Å². The minimum Gasteiger partial charge on any atom is -0.254 e. The largest absolute Gasteiger partial charge is 2.00 e. The molecule has 0 spiro atoms. The predicted molar refractivity (Wildman–Crippen MR) is 114 cm³/mol. The van der Waals surface area contributed by atoms with Gasteiger partial charge in [0, 0.05) is 46.3 Å². The number of rotatable bonds is 0. The Bertz CT molecular complexity index is 1410. The Morgan fingerprint density at radius 3 is 0.718 bits per heavy atom. The van der Waals surface area contributed by atoms with Crippen molar-refractivity contribution in [2.75, 3.05) is 0 Å². The number of hydrogen-bond donors (Lipinski definition) is 0. The van der Waals surface area contributed by atoms with Crippen molar-refractivity contribution < 1.29 is 78.2 Å². The van der Waals surface area contributed by atoms with Crippen LogP contribution in [0.25, 0.3) is 43.6 Å². The number of hydrogen-bond acceptors (Lipinski definition) is 12. The van der Waals surface area contributed by atoms with Crippen LogP contribution in [0.4, 0.5) is 0 Å². The van der Waals surface area contributed by atoms with Crippen molar-refractivity contribution in [3.8, 4) is 0 Å². The van der Waals surface area contributed by atoms with Crippen molar-refractivity contribution >= 4 is 43.6 Å². The molecule has 0 atom stereocenters. The summed E-state index contributed by atoms with van der Waals surface area (Å²) in [6.07, 6.45) is 7.21. The van der Waals surface area contributed by atoms with Crippen molar-refractivity contribution in [1.29, 1.82) is 0 Å². The summed E-state index contributed by atoms with van der Waals surface area (Å²) >= 11 is 0. The Morgan fingerprint density at radius 1 is 0.359 bits per heavy atom. The molecule has 0 aliphatic carbocycles. The first-order chi connectivity index (χ1) is 17.9. The van der Waals surface area contributed by atoms with Crippen LogP contribution in [0.5, 0.6) is 0 Å². The van der Waals surface area contributed by atoms with E-state index in [0.29, 0.717) is 0 Å². The molecule has 12 nitrogen and oxygen atoms in total. The quantitative estimate of drug-likeness (QED) is 0.112. The Balaban J connectivity index is 0.000000202. The summed E-state index contributed by atoms with van der Waals surface area (Å²) in [6, 6.07) is 24.3. The Hall–Kier alpha value is -3.00. The molecule has 0 saturated heterocycles. The third kappa shape index (κ3) is 11.0. The molecule has 0 aliphatic heterocycles. The molecule has 0 aliphatic rings. The van der Waals surface area contributed by atoms with Gasteiger partial charge in [0.2, 0.25) is 0 Å². The van der Waals surface area contributed by atoms with Crippen LogP contribution in [-0.2, 0) is 20.4 Å². The van der Waals surface area contributed by atoms with E-state index in [-0.39, 0.29) is 20.4 Å². The van der Waals surface area contributed by atoms with Crippen LogP contribution in [-0.4, -0.2) is 19.9 Å². The molecule has 15 heteroatoms. The van der Waals surface area contributed by atoms with Gasteiger partial charge in [-0.1, -0.05) is 48.5 Å². The van der Waals surface area contributed by atoms with Gasteiger partial charge in [0.1, 0.15) is 0 Å². The fraction of sp³-hybridized carbons (Fsp3) is 0. The first kappa shape index (κ1) is 32.2. The Kier molecular flexibility index (Phi) is 11.9. The zero-order valence-corrected chi connectivity index (χ0v) is 22.4. The molecule has 39 heavy (non-hydrogen) atoms. The third-order valence-corrected chi connectivity index (χ3v) is 4.69. The summed E-state index contributed by atoms with van der Waals surface area (Å²) in [5.41, 5.74) is 3.91. The fourth-order valence-electron chi connectivity index (χ4n) is 3.36. The zero-order chi connectivity index (χ0) is 27.8. The van der Waals surface area contributed by atoms with Gasteiger partial charge in [-0.15, -0.1) is 20.5 Å². The number of fused-ring (bicyclic) bond motifs is 6. The van der Waals surface area contributed by atoms with Gasteiger partial charge in [0.15, 0.2) is 0 Å². The minimum atomic E-state index is -4.94. The molecule has 0 radical (unpaired) electrons. The zero-order valence-electron chi connectivity index (χ0n) is 19.4. The van der Waals surface area contributed by atoms with Gasteiger partial charge < -0.3 is 0 Å². The molecule has 0 bridgehead atoms. The number of halogens is 2. The maximum Gasteiger partial charge on any atom is 2.00 e. The summed E-state index contributed by atoms with van der Waals surface area (Å²) in [5.74, 6) is 0. The average Bonchev–Trinajstić information content (AvgIpc) is 2.87. The van der Waals surface area contributed by atoms with Gasteiger partial charge in [-0.3, -0.25) is 19.9 Å². The van der Waals surface area contributed by atoms with E-state index in [0.717, 1.165) is 43.6 Å². The Labute approximate surface area is 238 Å². The monoisotopic (exact) mass is 664 g/mol. The van der Waals surface area contributed by atoms with Crippen LogP contribution in [0.2, 0.25) is 0 Å². The fourth-order valence-corrected chi connectivity index (χ4v) is 3.36. The minimum absolute atomic E-state index is 0. The maximum absolute atomic E-state index is 8.49. The van der Waals surface area contributed by atoms with E-state index in [1.54, 1.807) is 24.8 Å². The molecule has 0 unspecified atom stereocenters. The smallest absolute Gasteiger partial charge is 0.254 e. The third-order valence-electron chi connectivity index (χ3n) is 4.69. The van der Waals surface area contributed by atoms with Crippen molar-refractivity contribution in [1.82, 2.24) is 19.9 Å². The molecular weight excluding hydrogens is 650 g/mol. The number of benzene rings is 2.